The molecular weight excluding hydrogens is 885 g/mol. The Hall–Kier alpha value is -6.03. The number of anilines is 6. The van der Waals surface area contributed by atoms with Crippen molar-refractivity contribution in [1.82, 2.24) is 0 Å². The zero-order valence-electron chi connectivity index (χ0n) is 42.4. The van der Waals surface area contributed by atoms with Crippen LogP contribution in [-0.4, -0.2) is 32.3 Å². The van der Waals surface area contributed by atoms with Crippen LogP contribution in [0.2, 0.25) is 78.6 Å². The predicted octanol–water partition coefficient (Wildman–Crippen LogP) is 16.4. The van der Waals surface area contributed by atoms with Gasteiger partial charge in [-0.1, -0.05) is 221 Å². The predicted molar refractivity (Wildman–Crippen MR) is 314 cm³/mol. The molecule has 0 aliphatic rings. The van der Waals surface area contributed by atoms with Crippen LogP contribution >= 0.6 is 0 Å². The summed E-state index contributed by atoms with van der Waals surface area (Å²) in [6.45, 7) is 29.1. The van der Waals surface area contributed by atoms with E-state index in [1.54, 1.807) is 0 Å². The molecule has 0 spiro atoms. The molecule has 9 aromatic rings. The first kappa shape index (κ1) is 47.1. The van der Waals surface area contributed by atoms with Crippen molar-refractivity contribution in [3.63, 3.8) is 0 Å². The highest BCUT2D eigenvalue weighted by atomic mass is 28.3. The van der Waals surface area contributed by atoms with Crippen LogP contribution in [0.5, 0.6) is 0 Å². The lowest BCUT2D eigenvalue weighted by Crippen LogP contribution is -2.37. The number of nitrogens with zero attached hydrogens (tertiary/aromatic N) is 2. The van der Waals surface area contributed by atoms with E-state index in [0.29, 0.717) is 0 Å². The van der Waals surface area contributed by atoms with Gasteiger partial charge in [0, 0.05) is 34.1 Å². The SMILES string of the molecule is C[Si](C)(C)c1ccc(N(c2ccc([Si](C)(C)C)cc2)c2ccc3c(-c4ccccc4)c4cc(N(c5ccc([Si](C)(C)C)cc5)c5ccc([Si](C)(C)C)cc5)ccc4c(-c4ccccc4)c3c2)cc1. The average molecular weight is 954 g/mol. The van der Waals surface area contributed by atoms with E-state index in [0.717, 1.165) is 34.1 Å². The van der Waals surface area contributed by atoms with Gasteiger partial charge in [-0.2, -0.15) is 0 Å². The van der Waals surface area contributed by atoms with Gasteiger partial charge in [0.1, 0.15) is 0 Å². The maximum Gasteiger partial charge on any atom is 0.0775 e. The highest BCUT2D eigenvalue weighted by Crippen LogP contribution is 2.48. The largest absolute Gasteiger partial charge is 0.310 e. The Morgan fingerprint density at radius 1 is 0.235 bits per heavy atom. The fraction of sp³-hybridized carbons (Fsp3) is 0.194. The molecule has 0 saturated heterocycles. The van der Waals surface area contributed by atoms with Crippen molar-refractivity contribution in [3.05, 3.63) is 194 Å². The lowest BCUT2D eigenvalue weighted by Gasteiger charge is -2.29. The zero-order valence-corrected chi connectivity index (χ0v) is 46.4. The van der Waals surface area contributed by atoms with E-state index in [1.807, 2.05) is 0 Å². The number of hydrogen-bond donors (Lipinski definition) is 0. The van der Waals surface area contributed by atoms with Crippen LogP contribution in [0.1, 0.15) is 0 Å². The van der Waals surface area contributed by atoms with Crippen molar-refractivity contribution in [2.75, 3.05) is 9.80 Å². The molecule has 9 aromatic carbocycles. The summed E-state index contributed by atoms with van der Waals surface area (Å²) in [5, 5.41) is 10.8. The van der Waals surface area contributed by atoms with Crippen molar-refractivity contribution in [2.24, 2.45) is 0 Å². The summed E-state index contributed by atoms with van der Waals surface area (Å²) in [6, 6.07) is 74.1. The first-order valence-corrected chi connectivity index (χ1v) is 38.4. The summed E-state index contributed by atoms with van der Waals surface area (Å²) in [7, 11) is -6.03. The van der Waals surface area contributed by atoms with Gasteiger partial charge in [0.15, 0.2) is 0 Å². The van der Waals surface area contributed by atoms with Gasteiger partial charge in [0.2, 0.25) is 0 Å². The van der Waals surface area contributed by atoms with E-state index in [9.17, 15) is 0 Å². The maximum absolute atomic E-state index is 2.46. The van der Waals surface area contributed by atoms with E-state index < -0.39 is 32.3 Å². The smallest absolute Gasteiger partial charge is 0.0775 e. The van der Waals surface area contributed by atoms with Gasteiger partial charge in [0.05, 0.1) is 32.3 Å². The molecule has 0 fully saturated rings. The summed E-state index contributed by atoms with van der Waals surface area (Å²) < 4.78 is 0. The molecule has 342 valence electrons. The Bertz CT molecular complexity index is 2870. The van der Waals surface area contributed by atoms with Gasteiger partial charge in [-0.3, -0.25) is 0 Å². The van der Waals surface area contributed by atoms with Crippen molar-refractivity contribution < 1.29 is 0 Å². The van der Waals surface area contributed by atoms with Crippen LogP contribution in [0.15, 0.2) is 194 Å². The Morgan fingerprint density at radius 3 is 0.706 bits per heavy atom. The van der Waals surface area contributed by atoms with Gasteiger partial charge in [0.25, 0.3) is 0 Å². The Labute approximate surface area is 411 Å². The third kappa shape index (κ3) is 9.52. The van der Waals surface area contributed by atoms with Gasteiger partial charge >= 0.3 is 0 Å². The van der Waals surface area contributed by atoms with Gasteiger partial charge in [-0.25, -0.2) is 0 Å². The van der Waals surface area contributed by atoms with Crippen molar-refractivity contribution in [2.45, 2.75) is 78.6 Å². The van der Waals surface area contributed by atoms with E-state index in [-0.39, 0.29) is 0 Å². The normalized spacial score (nSPS) is 12.4. The second kappa shape index (κ2) is 18.1. The number of rotatable bonds is 12. The monoisotopic (exact) mass is 952 g/mol. The Kier molecular flexibility index (Phi) is 12.5. The topological polar surface area (TPSA) is 6.48 Å². The highest BCUT2D eigenvalue weighted by Gasteiger charge is 2.25. The lowest BCUT2D eigenvalue weighted by atomic mass is 9.85. The number of fused-ring (bicyclic) bond motifs is 2. The minimum Gasteiger partial charge on any atom is -0.310 e. The first-order valence-electron chi connectivity index (χ1n) is 24.4. The molecule has 0 heterocycles. The molecule has 0 saturated carbocycles. The molecule has 0 atom stereocenters. The van der Waals surface area contributed by atoms with Crippen LogP contribution in [0.25, 0.3) is 43.8 Å². The van der Waals surface area contributed by atoms with E-state index >= 15 is 0 Å². The molecule has 0 aliphatic carbocycles. The minimum atomic E-state index is -1.51. The minimum absolute atomic E-state index is 1.14. The third-order valence-corrected chi connectivity index (χ3v) is 22.0. The molecule has 68 heavy (non-hydrogen) atoms. The highest BCUT2D eigenvalue weighted by molar-refractivity contribution is 6.90. The second-order valence-electron chi connectivity index (χ2n) is 22.8. The fourth-order valence-electron chi connectivity index (χ4n) is 9.65. The van der Waals surface area contributed by atoms with Gasteiger partial charge < -0.3 is 9.80 Å². The average Bonchev–Trinajstić information content (AvgIpc) is 3.31. The van der Waals surface area contributed by atoms with Crippen LogP contribution in [0.3, 0.4) is 0 Å². The molecule has 0 unspecified atom stereocenters. The lowest BCUT2D eigenvalue weighted by molar-refractivity contribution is 1.29. The molecule has 0 N–H and O–H groups in total. The van der Waals surface area contributed by atoms with E-state index in [4.69, 9.17) is 0 Å². The second-order valence-corrected chi connectivity index (χ2v) is 43.1. The Balaban J connectivity index is 1.32. The maximum atomic E-state index is 2.46. The fourth-order valence-corrected chi connectivity index (χ4v) is 14.3. The van der Waals surface area contributed by atoms with E-state index in [2.05, 4.69) is 282 Å². The number of hydrogen-bond acceptors (Lipinski definition) is 2. The summed E-state index contributed by atoms with van der Waals surface area (Å²) >= 11 is 0. The molecule has 0 aromatic heterocycles. The first-order chi connectivity index (χ1) is 32.3. The molecule has 9 rings (SSSR count). The van der Waals surface area contributed by atoms with Crippen LogP contribution in [0.4, 0.5) is 34.1 Å². The van der Waals surface area contributed by atoms with Crippen molar-refractivity contribution in [3.8, 4) is 22.3 Å². The summed E-state index contributed by atoms with van der Waals surface area (Å²) in [4.78, 5) is 4.93. The molecule has 0 amide bonds. The molecule has 0 radical (unpaired) electrons. The summed E-state index contributed by atoms with van der Waals surface area (Å²) in [6.07, 6.45) is 0. The van der Waals surface area contributed by atoms with Crippen molar-refractivity contribution >= 4 is 109 Å². The molecule has 0 aliphatic heterocycles. The van der Waals surface area contributed by atoms with Crippen molar-refractivity contribution in [1.29, 1.82) is 0 Å². The summed E-state index contributed by atoms with van der Waals surface area (Å²) in [5.41, 5.74) is 11.8. The molecular formula is C62H68N2Si4. The van der Waals surface area contributed by atoms with Crippen LogP contribution in [0, 0.1) is 0 Å². The Morgan fingerprint density at radius 2 is 0.471 bits per heavy atom. The van der Waals surface area contributed by atoms with E-state index in [1.165, 1.54) is 64.5 Å². The number of benzene rings is 9. The standard InChI is InChI=1S/C62H68N2Si4/c1-65(2,3)53-33-23-47(24-34-53)63(48-25-35-54(36-26-48)66(4,5)6)51-31-41-57-59(43-51)61(45-19-15-13-16-20-45)58-42-32-52(44-60(58)62(57)46-21-17-14-18-22-46)64(49-27-37-55(38-28-49)67(7,8)9)50-29-39-56(40-30-50)68(10,11)12/h13-44H,1-12H3. The van der Waals surface area contributed by atoms with Crippen LogP contribution < -0.4 is 30.5 Å². The van der Waals surface area contributed by atoms with Gasteiger partial charge in [-0.15, -0.1) is 0 Å². The quantitative estimate of drug-likeness (QED) is 0.0889. The molecule has 2 nitrogen and oxygen atoms in total. The third-order valence-electron chi connectivity index (χ3n) is 13.7. The zero-order chi connectivity index (χ0) is 48.2. The van der Waals surface area contributed by atoms with Crippen LogP contribution in [-0.2, 0) is 0 Å². The molecule has 0 bridgehead atoms. The summed E-state index contributed by atoms with van der Waals surface area (Å²) in [5.74, 6) is 0. The van der Waals surface area contributed by atoms with Gasteiger partial charge in [-0.05, 0) is 117 Å². The molecule has 6 heteroatoms.